The highest BCUT2D eigenvalue weighted by Gasteiger charge is 2.42. The van der Waals surface area contributed by atoms with Crippen molar-refractivity contribution in [2.45, 2.75) is 50.6 Å². The molecule has 2 fully saturated rings. The number of phenols is 1. The van der Waals surface area contributed by atoms with Gasteiger partial charge in [0.1, 0.15) is 11.9 Å². The van der Waals surface area contributed by atoms with Gasteiger partial charge in [-0.2, -0.15) is 0 Å². The number of carbonyl (C=O) groups excluding carboxylic acids is 1. The zero-order valence-electron chi connectivity index (χ0n) is 18.7. The number of halogens is 2. The van der Waals surface area contributed by atoms with Crippen molar-refractivity contribution in [3.63, 3.8) is 0 Å². The molecule has 2 aliphatic heterocycles. The summed E-state index contributed by atoms with van der Waals surface area (Å²) >= 11 is 12.2. The molecule has 3 heterocycles. The van der Waals surface area contributed by atoms with Gasteiger partial charge in [0.05, 0.1) is 15.7 Å². The molecule has 2 N–H and O–H groups in total. The molecular weight excluding hydrogens is 461 g/mol. The van der Waals surface area contributed by atoms with E-state index >= 15 is 0 Å². The molecule has 1 aromatic heterocycles. The van der Waals surface area contributed by atoms with Crippen LogP contribution in [0.2, 0.25) is 10.0 Å². The average Bonchev–Trinajstić information content (AvgIpc) is 3.50. The van der Waals surface area contributed by atoms with Crippen LogP contribution in [-0.2, 0) is 4.79 Å². The third-order valence-electron chi connectivity index (χ3n) is 7.05. The van der Waals surface area contributed by atoms with E-state index in [2.05, 4.69) is 15.1 Å². The molecule has 2 aromatic rings. The van der Waals surface area contributed by atoms with Gasteiger partial charge in [-0.25, -0.2) is 4.98 Å². The lowest BCUT2D eigenvalue weighted by molar-refractivity contribution is -0.120. The fourth-order valence-corrected chi connectivity index (χ4v) is 5.83. The highest BCUT2D eigenvalue weighted by Crippen LogP contribution is 2.41. The third-order valence-corrected chi connectivity index (χ3v) is 7.63. The molecule has 33 heavy (non-hydrogen) atoms. The number of nitrogens with zero attached hydrogens (tertiary/aromatic N) is 4. The monoisotopic (exact) mass is 489 g/mol. The fourth-order valence-electron chi connectivity index (χ4n) is 5.34. The fraction of sp³-hybridized carbons (Fsp3) is 0.500. The Morgan fingerprint density at radius 2 is 1.76 bits per heavy atom. The maximum atomic E-state index is 13.5. The lowest BCUT2D eigenvalue weighted by atomic mass is 10.0. The summed E-state index contributed by atoms with van der Waals surface area (Å²) in [6.07, 6.45) is 6.91. The Hall–Kier alpha value is -2.22. The van der Waals surface area contributed by atoms with Crippen molar-refractivity contribution in [3.8, 4) is 5.75 Å². The van der Waals surface area contributed by atoms with E-state index in [0.717, 1.165) is 44.0 Å². The molecule has 1 atom stereocenters. The summed E-state index contributed by atoms with van der Waals surface area (Å²) < 4.78 is 0. The second kappa shape index (κ2) is 9.20. The molecule has 1 aromatic carbocycles. The van der Waals surface area contributed by atoms with Crippen LogP contribution in [0.1, 0.15) is 38.5 Å². The smallest absolute Gasteiger partial charge is 0.250 e. The maximum absolute atomic E-state index is 13.5. The molecule has 9 heteroatoms. The number of aromatic hydroxyl groups is 1. The minimum absolute atomic E-state index is 0.139. The summed E-state index contributed by atoms with van der Waals surface area (Å²) in [6, 6.07) is 7.11. The molecule has 1 aliphatic carbocycles. The minimum Gasteiger partial charge on any atom is -0.505 e. The molecule has 7 nitrogen and oxygen atoms in total. The van der Waals surface area contributed by atoms with Crippen LogP contribution in [-0.4, -0.2) is 59.7 Å². The van der Waals surface area contributed by atoms with Crippen molar-refractivity contribution in [2.75, 3.05) is 41.8 Å². The molecule has 0 unspecified atom stereocenters. The van der Waals surface area contributed by atoms with E-state index in [1.54, 1.807) is 17.0 Å². The van der Waals surface area contributed by atoms with Gasteiger partial charge in [0.15, 0.2) is 11.6 Å². The Bertz CT molecular complexity index is 1030. The van der Waals surface area contributed by atoms with Crippen molar-refractivity contribution in [2.24, 2.45) is 0 Å². The quantitative estimate of drug-likeness (QED) is 0.574. The summed E-state index contributed by atoms with van der Waals surface area (Å²) in [5.41, 5.74) is 1.47. The molecule has 0 bridgehead atoms. The van der Waals surface area contributed by atoms with E-state index < -0.39 is 0 Å². The normalized spacial score (nSPS) is 21.7. The van der Waals surface area contributed by atoms with Crippen molar-refractivity contribution < 1.29 is 9.90 Å². The summed E-state index contributed by atoms with van der Waals surface area (Å²) in [6.45, 7) is 2.84. The van der Waals surface area contributed by atoms with Crippen LogP contribution in [0, 0.1) is 0 Å². The topological polar surface area (TPSA) is 71.9 Å². The molecule has 1 saturated heterocycles. The highest BCUT2D eigenvalue weighted by molar-refractivity contribution is 6.37. The van der Waals surface area contributed by atoms with Gasteiger partial charge >= 0.3 is 0 Å². The highest BCUT2D eigenvalue weighted by atomic mass is 35.5. The standard InChI is InChI=1S/C24H29Cl2N5O2/c1-29-19-8-9-21(27-15-12-17(25)22(32)18(26)13-15)28-23(19)31(16-6-2-3-7-16)20(24(29)33)14-30-10-4-5-11-30/h8-9,12-13,16,20,32H,2-7,10-11,14H2,1H3,(H,27,28)/t20-/m1/s1. The predicted molar refractivity (Wildman–Crippen MR) is 133 cm³/mol. The Balaban J connectivity index is 1.51. The van der Waals surface area contributed by atoms with Gasteiger partial charge < -0.3 is 25.1 Å². The van der Waals surface area contributed by atoms with E-state index in [0.29, 0.717) is 17.5 Å². The van der Waals surface area contributed by atoms with Gasteiger partial charge in [-0.15, -0.1) is 0 Å². The molecule has 1 amide bonds. The number of phenolic OH excluding ortho intramolecular Hbond substituents is 1. The van der Waals surface area contributed by atoms with E-state index in [1.807, 2.05) is 19.2 Å². The van der Waals surface area contributed by atoms with Crippen LogP contribution in [0.4, 0.5) is 23.0 Å². The number of rotatable bonds is 5. The van der Waals surface area contributed by atoms with Crippen LogP contribution in [0.25, 0.3) is 0 Å². The van der Waals surface area contributed by atoms with Gasteiger partial charge in [0.25, 0.3) is 5.91 Å². The number of nitrogens with one attached hydrogen (secondary N) is 1. The molecule has 1 saturated carbocycles. The Labute approximate surface area is 204 Å². The van der Waals surface area contributed by atoms with Gasteiger partial charge in [-0.3, -0.25) is 4.79 Å². The zero-order chi connectivity index (χ0) is 23.1. The van der Waals surface area contributed by atoms with Crippen LogP contribution in [0.3, 0.4) is 0 Å². The van der Waals surface area contributed by atoms with Crippen molar-refractivity contribution in [3.05, 3.63) is 34.3 Å². The van der Waals surface area contributed by atoms with Crippen molar-refractivity contribution in [1.29, 1.82) is 0 Å². The number of fused-ring (bicyclic) bond motifs is 1. The first-order chi connectivity index (χ1) is 15.9. The second-order valence-corrected chi connectivity index (χ2v) is 10.0. The Morgan fingerprint density at radius 1 is 1.09 bits per heavy atom. The molecule has 5 rings (SSSR count). The van der Waals surface area contributed by atoms with E-state index in [1.165, 1.54) is 25.7 Å². The number of carbonyl (C=O) groups is 1. The van der Waals surface area contributed by atoms with Crippen molar-refractivity contribution in [1.82, 2.24) is 9.88 Å². The molecule has 3 aliphatic rings. The first-order valence-corrected chi connectivity index (χ1v) is 12.4. The first-order valence-electron chi connectivity index (χ1n) is 11.7. The number of hydrogen-bond acceptors (Lipinski definition) is 6. The molecule has 176 valence electrons. The number of aromatic nitrogens is 1. The number of benzene rings is 1. The van der Waals surface area contributed by atoms with Gasteiger partial charge in [-0.1, -0.05) is 36.0 Å². The Morgan fingerprint density at radius 3 is 2.42 bits per heavy atom. The summed E-state index contributed by atoms with van der Waals surface area (Å²) in [5.74, 6) is 1.48. The lowest BCUT2D eigenvalue weighted by Crippen LogP contribution is -2.59. The van der Waals surface area contributed by atoms with Crippen LogP contribution in [0.15, 0.2) is 24.3 Å². The number of anilines is 4. The van der Waals surface area contributed by atoms with Gasteiger partial charge in [0, 0.05) is 25.3 Å². The number of likely N-dealkylation sites (tertiary alicyclic amines) is 1. The third kappa shape index (κ3) is 4.34. The summed E-state index contributed by atoms with van der Waals surface area (Å²) in [4.78, 5) is 24.9. The van der Waals surface area contributed by atoms with Crippen LogP contribution in [0.5, 0.6) is 5.75 Å². The minimum atomic E-state index is -0.232. The molecule has 0 radical (unpaired) electrons. The predicted octanol–water partition coefficient (Wildman–Crippen LogP) is 5.03. The Kier molecular flexibility index (Phi) is 6.29. The first kappa shape index (κ1) is 22.6. The van der Waals surface area contributed by atoms with Crippen LogP contribution >= 0.6 is 23.2 Å². The SMILES string of the molecule is CN1C(=O)[C@@H](CN2CCCC2)N(C2CCCC2)c2nc(Nc3cc(Cl)c(O)c(Cl)c3)ccc21. The van der Waals surface area contributed by atoms with E-state index in [4.69, 9.17) is 28.2 Å². The second-order valence-electron chi connectivity index (χ2n) is 9.22. The maximum Gasteiger partial charge on any atom is 0.250 e. The van der Waals surface area contributed by atoms with Crippen LogP contribution < -0.4 is 15.1 Å². The lowest BCUT2D eigenvalue weighted by Gasteiger charge is -2.45. The number of hydrogen-bond donors (Lipinski definition) is 2. The number of likely N-dealkylation sites (N-methyl/N-ethyl adjacent to an activating group) is 1. The summed E-state index contributed by atoms with van der Waals surface area (Å²) in [7, 11) is 1.85. The number of amides is 1. The summed E-state index contributed by atoms with van der Waals surface area (Å²) in [5, 5.41) is 13.5. The average molecular weight is 490 g/mol. The zero-order valence-corrected chi connectivity index (χ0v) is 20.2. The number of pyridine rings is 1. The van der Waals surface area contributed by atoms with Gasteiger partial charge in [-0.05, 0) is 63.0 Å². The largest absolute Gasteiger partial charge is 0.505 e. The molecular formula is C24H29Cl2N5O2. The van der Waals surface area contributed by atoms with E-state index in [9.17, 15) is 9.90 Å². The van der Waals surface area contributed by atoms with Gasteiger partial charge in [0.2, 0.25) is 0 Å². The van der Waals surface area contributed by atoms with Crippen molar-refractivity contribution >= 4 is 52.1 Å². The van der Waals surface area contributed by atoms with E-state index in [-0.39, 0.29) is 27.7 Å². The molecule has 0 spiro atoms.